The highest BCUT2D eigenvalue weighted by atomic mass is 32.2. The van der Waals surface area contributed by atoms with Crippen molar-refractivity contribution in [3.8, 4) is 0 Å². The molecule has 1 atom stereocenters. The van der Waals surface area contributed by atoms with E-state index in [-0.39, 0.29) is 12.4 Å². The molecule has 1 aliphatic heterocycles. The molecule has 0 bridgehead atoms. The van der Waals surface area contributed by atoms with Crippen LogP contribution in [0.5, 0.6) is 0 Å². The summed E-state index contributed by atoms with van der Waals surface area (Å²) in [5.74, 6) is -0.756. The van der Waals surface area contributed by atoms with Gasteiger partial charge in [-0.1, -0.05) is 0 Å². The predicted molar refractivity (Wildman–Crippen MR) is 87.1 cm³/mol. The molecule has 1 unspecified atom stereocenters. The molecular formula is C14H21FN4O2S. The number of benzene rings is 1. The third-order valence-corrected chi connectivity index (χ3v) is 5.57. The van der Waals surface area contributed by atoms with Crippen molar-refractivity contribution in [3.05, 3.63) is 24.0 Å². The largest absolute Gasteiger partial charge is 0.371 e. The van der Waals surface area contributed by atoms with Crippen LogP contribution in [-0.4, -0.2) is 61.5 Å². The zero-order valence-electron chi connectivity index (χ0n) is 13.2. The van der Waals surface area contributed by atoms with Gasteiger partial charge >= 0.3 is 0 Å². The Labute approximate surface area is 130 Å². The van der Waals surface area contributed by atoms with Crippen molar-refractivity contribution in [1.82, 2.24) is 4.31 Å². The van der Waals surface area contributed by atoms with E-state index in [0.717, 1.165) is 11.4 Å². The predicted octanol–water partition coefficient (Wildman–Crippen LogP) is 1.18. The molecule has 1 aromatic carbocycles. The summed E-state index contributed by atoms with van der Waals surface area (Å²) in [6.07, 6.45) is 1.43. The maximum atomic E-state index is 13.4. The molecule has 22 heavy (non-hydrogen) atoms. The monoisotopic (exact) mass is 328 g/mol. The highest BCUT2D eigenvalue weighted by Crippen LogP contribution is 2.32. The van der Waals surface area contributed by atoms with E-state index in [1.54, 1.807) is 20.2 Å². The zero-order valence-corrected chi connectivity index (χ0v) is 14.1. The van der Waals surface area contributed by atoms with Gasteiger partial charge in [0.05, 0.1) is 17.9 Å². The molecule has 0 N–H and O–H groups in total. The minimum atomic E-state index is -2.68. The number of fused-ring (bicyclic) bond motifs is 1. The summed E-state index contributed by atoms with van der Waals surface area (Å²) in [4.78, 5) is 15.9. The molecule has 1 aliphatic rings. The molecular weight excluding hydrogens is 307 g/mol. The third kappa shape index (κ3) is 3.56. The van der Waals surface area contributed by atoms with Crippen LogP contribution in [0.15, 0.2) is 22.6 Å². The van der Waals surface area contributed by atoms with E-state index in [9.17, 15) is 13.4 Å². The Balaban J connectivity index is 2.24. The Kier molecular flexibility index (Phi) is 4.72. The first-order valence-corrected chi connectivity index (χ1v) is 8.77. The number of hydrogen-bond acceptors (Lipinski definition) is 4. The molecule has 1 heterocycles. The first-order valence-electron chi connectivity index (χ1n) is 6.89. The van der Waals surface area contributed by atoms with Crippen molar-refractivity contribution in [1.29, 1.82) is 0 Å². The Morgan fingerprint density at radius 2 is 2.05 bits per heavy atom. The van der Waals surface area contributed by atoms with Crippen LogP contribution < -0.4 is 9.80 Å². The second-order valence-electron chi connectivity index (χ2n) is 5.54. The first kappa shape index (κ1) is 16.7. The number of carbonyl (C=O) groups is 1. The fourth-order valence-corrected chi connectivity index (χ4v) is 2.81. The number of rotatable bonds is 3. The van der Waals surface area contributed by atoms with Crippen LogP contribution in [0.1, 0.15) is 0 Å². The van der Waals surface area contributed by atoms with Gasteiger partial charge in [0.15, 0.2) is 0 Å². The lowest BCUT2D eigenvalue weighted by Gasteiger charge is -2.36. The van der Waals surface area contributed by atoms with Crippen molar-refractivity contribution in [3.63, 3.8) is 0 Å². The zero-order chi connectivity index (χ0) is 16.5. The van der Waals surface area contributed by atoms with Crippen LogP contribution in [-0.2, 0) is 14.7 Å². The van der Waals surface area contributed by atoms with Gasteiger partial charge in [0.2, 0.25) is 0 Å². The van der Waals surface area contributed by atoms with Gasteiger partial charge in [0, 0.05) is 40.5 Å². The SMILES string of the molecule is CN1CCN(CC(=O)N=S(C)(=O)N(C)C)c2ccc(F)cc21. The van der Waals surface area contributed by atoms with Crippen LogP contribution in [0.25, 0.3) is 0 Å². The highest BCUT2D eigenvalue weighted by molar-refractivity contribution is 7.90. The second kappa shape index (κ2) is 6.21. The maximum absolute atomic E-state index is 13.4. The van der Waals surface area contributed by atoms with E-state index < -0.39 is 15.8 Å². The van der Waals surface area contributed by atoms with E-state index in [2.05, 4.69) is 4.36 Å². The van der Waals surface area contributed by atoms with Crippen molar-refractivity contribution in [2.75, 3.05) is 56.8 Å². The van der Waals surface area contributed by atoms with Gasteiger partial charge in [-0.15, -0.1) is 4.36 Å². The molecule has 0 aliphatic carbocycles. The fourth-order valence-electron chi connectivity index (χ4n) is 2.21. The Morgan fingerprint density at radius 1 is 1.36 bits per heavy atom. The molecule has 0 spiro atoms. The molecule has 0 saturated heterocycles. The average molecular weight is 328 g/mol. The van der Waals surface area contributed by atoms with Crippen LogP contribution >= 0.6 is 0 Å². The highest BCUT2D eigenvalue weighted by Gasteiger charge is 2.23. The number of anilines is 2. The number of amides is 1. The molecule has 0 aromatic heterocycles. The van der Waals surface area contributed by atoms with E-state index in [4.69, 9.17) is 0 Å². The van der Waals surface area contributed by atoms with E-state index in [1.165, 1.54) is 22.7 Å². The van der Waals surface area contributed by atoms with Gasteiger partial charge in [0.1, 0.15) is 15.7 Å². The normalized spacial score (nSPS) is 17.2. The quantitative estimate of drug-likeness (QED) is 0.836. The minimum absolute atomic E-state index is 0.0329. The van der Waals surface area contributed by atoms with Gasteiger partial charge in [-0.3, -0.25) is 4.79 Å². The first-order chi connectivity index (χ1) is 10.2. The molecule has 0 radical (unpaired) electrons. The molecule has 1 amide bonds. The summed E-state index contributed by atoms with van der Waals surface area (Å²) in [6, 6.07) is 4.48. The van der Waals surface area contributed by atoms with Gasteiger partial charge < -0.3 is 9.80 Å². The smallest absolute Gasteiger partial charge is 0.274 e. The summed E-state index contributed by atoms with van der Waals surface area (Å²) in [5, 5.41) is 0. The van der Waals surface area contributed by atoms with Crippen LogP contribution in [0.2, 0.25) is 0 Å². The van der Waals surface area contributed by atoms with Crippen LogP contribution in [0, 0.1) is 5.82 Å². The standard InChI is InChI=1S/C14H21FN4O2S/c1-17(2)22(4,21)16-14(20)10-19-8-7-18(3)13-9-11(15)5-6-12(13)19/h5-6,9H,7-8,10H2,1-4H3. The summed E-state index contributed by atoms with van der Waals surface area (Å²) >= 11 is 0. The molecule has 2 rings (SSSR count). The maximum Gasteiger partial charge on any atom is 0.274 e. The van der Waals surface area contributed by atoms with Gasteiger partial charge in [-0.25, -0.2) is 12.9 Å². The lowest BCUT2D eigenvalue weighted by atomic mass is 10.1. The van der Waals surface area contributed by atoms with Crippen molar-refractivity contribution < 1.29 is 13.4 Å². The van der Waals surface area contributed by atoms with Crippen molar-refractivity contribution >= 4 is 27.2 Å². The van der Waals surface area contributed by atoms with E-state index in [0.29, 0.717) is 13.1 Å². The average Bonchev–Trinajstić information content (AvgIpc) is 2.41. The lowest BCUT2D eigenvalue weighted by Crippen LogP contribution is -2.41. The summed E-state index contributed by atoms with van der Waals surface area (Å²) in [6.45, 7) is 1.34. The topological polar surface area (TPSA) is 56.2 Å². The molecule has 122 valence electrons. The Hall–Kier alpha value is -1.67. The summed E-state index contributed by atoms with van der Waals surface area (Å²) in [5.41, 5.74) is 1.52. The van der Waals surface area contributed by atoms with Gasteiger partial charge in [-0.2, -0.15) is 0 Å². The lowest BCUT2D eigenvalue weighted by molar-refractivity contribution is -0.116. The van der Waals surface area contributed by atoms with E-state index >= 15 is 0 Å². The Bertz CT molecular complexity index is 698. The van der Waals surface area contributed by atoms with E-state index in [1.807, 2.05) is 16.8 Å². The molecule has 0 saturated carbocycles. The second-order valence-corrected chi connectivity index (χ2v) is 7.97. The summed E-state index contributed by atoms with van der Waals surface area (Å²) in [7, 11) is 2.44. The van der Waals surface area contributed by atoms with Crippen LogP contribution in [0.3, 0.4) is 0 Å². The number of likely N-dealkylation sites (N-methyl/N-ethyl adjacent to an activating group) is 1. The number of nitrogens with zero attached hydrogens (tertiary/aromatic N) is 4. The van der Waals surface area contributed by atoms with Gasteiger partial charge in [0.25, 0.3) is 5.91 Å². The molecule has 8 heteroatoms. The summed E-state index contributed by atoms with van der Waals surface area (Å²) < 4.78 is 30.8. The van der Waals surface area contributed by atoms with Crippen LogP contribution in [0.4, 0.5) is 15.8 Å². The fraction of sp³-hybridized carbons (Fsp3) is 0.500. The minimum Gasteiger partial charge on any atom is -0.371 e. The number of hydrogen-bond donors (Lipinski definition) is 0. The third-order valence-electron chi connectivity index (χ3n) is 3.67. The van der Waals surface area contributed by atoms with Crippen molar-refractivity contribution in [2.24, 2.45) is 4.36 Å². The van der Waals surface area contributed by atoms with Gasteiger partial charge in [-0.05, 0) is 18.2 Å². The Morgan fingerprint density at radius 3 is 2.68 bits per heavy atom. The molecule has 0 fully saturated rings. The number of carbonyl (C=O) groups excluding carboxylic acids is 1. The molecule has 1 aromatic rings. The van der Waals surface area contributed by atoms with Crippen molar-refractivity contribution in [2.45, 2.75) is 0 Å². The number of halogens is 1. The molecule has 6 nitrogen and oxygen atoms in total.